The molecular formula is C15H19NO3S. The maximum atomic E-state index is 12.1. The van der Waals surface area contributed by atoms with Gasteiger partial charge in [-0.15, -0.1) is 0 Å². The zero-order valence-electron chi connectivity index (χ0n) is 11.4. The van der Waals surface area contributed by atoms with Crippen LogP contribution in [-0.2, 0) is 9.84 Å². The molecule has 108 valence electrons. The smallest absolute Gasteiger partial charge is 0.204 e. The first-order valence-corrected chi connectivity index (χ1v) is 8.63. The molecule has 0 radical (unpaired) electrons. The van der Waals surface area contributed by atoms with Crippen molar-refractivity contribution < 1.29 is 13.5 Å². The molecular weight excluding hydrogens is 274 g/mol. The first-order chi connectivity index (χ1) is 9.58. The zero-order chi connectivity index (χ0) is 14.2. The number of fused-ring (bicyclic) bond motifs is 1. The highest BCUT2D eigenvalue weighted by Gasteiger charge is 2.30. The minimum atomic E-state index is -3.48. The van der Waals surface area contributed by atoms with Gasteiger partial charge in [-0.3, -0.25) is 4.90 Å². The topological polar surface area (TPSA) is 57.6 Å². The average molecular weight is 293 g/mol. The van der Waals surface area contributed by atoms with Crippen molar-refractivity contribution in [2.24, 2.45) is 0 Å². The number of aromatic hydroxyl groups is 1. The van der Waals surface area contributed by atoms with E-state index in [-0.39, 0.29) is 10.6 Å². The predicted octanol–water partition coefficient (Wildman–Crippen LogP) is 2.40. The number of rotatable bonds is 2. The number of phenolic OH excluding ortho intramolecular Hbond substituents is 1. The Balaban J connectivity index is 1.90. The standard InChI is InChI=1S/C15H19NO3S/c17-14-7-5-6-13-12(11-20(18,19)15(13)14)10-16-8-3-1-2-4-9-16/h5-7,11,17H,1-4,8-10H2. The van der Waals surface area contributed by atoms with Crippen molar-refractivity contribution in [1.29, 1.82) is 0 Å². The van der Waals surface area contributed by atoms with Crippen LogP contribution in [0.2, 0.25) is 0 Å². The second-order valence-electron chi connectivity index (χ2n) is 5.53. The Bertz CT molecular complexity index is 641. The molecule has 0 aromatic heterocycles. The molecule has 0 spiro atoms. The molecule has 2 aliphatic heterocycles. The maximum Gasteiger partial charge on any atom is 0.204 e. The quantitative estimate of drug-likeness (QED) is 0.909. The molecule has 4 nitrogen and oxygen atoms in total. The zero-order valence-corrected chi connectivity index (χ0v) is 12.2. The van der Waals surface area contributed by atoms with Crippen molar-refractivity contribution in [3.8, 4) is 5.75 Å². The summed E-state index contributed by atoms with van der Waals surface area (Å²) in [5, 5.41) is 11.1. The molecule has 2 heterocycles. The summed E-state index contributed by atoms with van der Waals surface area (Å²) in [5.74, 6) is -0.149. The minimum absolute atomic E-state index is 0.0739. The number of hydrogen-bond acceptors (Lipinski definition) is 4. The first-order valence-electron chi connectivity index (χ1n) is 7.08. The van der Waals surface area contributed by atoms with Gasteiger partial charge in [-0.05, 0) is 37.6 Å². The monoisotopic (exact) mass is 293 g/mol. The predicted molar refractivity (Wildman–Crippen MR) is 78.2 cm³/mol. The maximum absolute atomic E-state index is 12.1. The van der Waals surface area contributed by atoms with E-state index in [0.717, 1.165) is 18.7 Å². The molecule has 1 saturated heterocycles. The Morgan fingerprint density at radius 1 is 1.10 bits per heavy atom. The summed E-state index contributed by atoms with van der Waals surface area (Å²) in [5.41, 5.74) is 1.46. The van der Waals surface area contributed by atoms with Gasteiger partial charge in [0, 0.05) is 17.5 Å². The third kappa shape index (κ3) is 2.47. The summed E-state index contributed by atoms with van der Waals surface area (Å²) >= 11 is 0. The van der Waals surface area contributed by atoms with E-state index in [9.17, 15) is 13.5 Å². The van der Waals surface area contributed by atoms with Gasteiger partial charge in [0.05, 0.1) is 0 Å². The Labute approximate surface area is 119 Å². The first kappa shape index (κ1) is 13.6. The lowest BCUT2D eigenvalue weighted by molar-refractivity contribution is 0.320. The molecule has 0 amide bonds. The molecule has 20 heavy (non-hydrogen) atoms. The van der Waals surface area contributed by atoms with Crippen molar-refractivity contribution in [2.45, 2.75) is 30.6 Å². The lowest BCUT2D eigenvalue weighted by Gasteiger charge is -2.20. The third-order valence-electron chi connectivity index (χ3n) is 4.01. The van der Waals surface area contributed by atoms with E-state index < -0.39 is 9.84 Å². The number of likely N-dealkylation sites (tertiary alicyclic amines) is 1. The van der Waals surface area contributed by atoms with E-state index in [1.807, 2.05) is 0 Å². The Kier molecular flexibility index (Phi) is 3.56. The second kappa shape index (κ2) is 5.22. The van der Waals surface area contributed by atoms with Gasteiger partial charge in [0.1, 0.15) is 10.6 Å². The van der Waals surface area contributed by atoms with Crippen molar-refractivity contribution >= 4 is 15.4 Å². The van der Waals surface area contributed by atoms with Gasteiger partial charge in [-0.1, -0.05) is 25.0 Å². The molecule has 0 atom stereocenters. The normalized spacial score (nSPS) is 22.1. The highest BCUT2D eigenvalue weighted by atomic mass is 32.2. The number of hydrogen-bond donors (Lipinski definition) is 1. The summed E-state index contributed by atoms with van der Waals surface area (Å²) in [6, 6.07) is 4.91. The van der Waals surface area contributed by atoms with Crippen molar-refractivity contribution in [1.82, 2.24) is 4.90 Å². The molecule has 1 fully saturated rings. The molecule has 1 N–H and O–H groups in total. The minimum Gasteiger partial charge on any atom is -0.507 e. The van der Waals surface area contributed by atoms with Gasteiger partial charge in [0.25, 0.3) is 0 Å². The van der Waals surface area contributed by atoms with Gasteiger partial charge in [0.15, 0.2) is 0 Å². The fourth-order valence-corrected chi connectivity index (χ4v) is 4.60. The van der Waals surface area contributed by atoms with Crippen LogP contribution in [0.15, 0.2) is 28.5 Å². The summed E-state index contributed by atoms with van der Waals surface area (Å²) in [4.78, 5) is 2.39. The van der Waals surface area contributed by atoms with E-state index in [0.29, 0.717) is 12.1 Å². The van der Waals surface area contributed by atoms with Crippen molar-refractivity contribution in [3.63, 3.8) is 0 Å². The van der Waals surface area contributed by atoms with Gasteiger partial charge in [-0.2, -0.15) is 0 Å². The van der Waals surface area contributed by atoms with Gasteiger partial charge >= 0.3 is 0 Å². The Hall–Kier alpha value is -1.33. The van der Waals surface area contributed by atoms with E-state index in [1.54, 1.807) is 12.1 Å². The fourth-order valence-electron chi connectivity index (χ4n) is 3.04. The van der Waals surface area contributed by atoms with E-state index in [4.69, 9.17) is 0 Å². The lowest BCUT2D eigenvalue weighted by Crippen LogP contribution is -2.26. The Morgan fingerprint density at radius 2 is 1.80 bits per heavy atom. The Morgan fingerprint density at radius 3 is 2.50 bits per heavy atom. The molecule has 1 aromatic rings. The van der Waals surface area contributed by atoms with Crippen molar-refractivity contribution in [3.05, 3.63) is 29.2 Å². The van der Waals surface area contributed by atoms with E-state index in [1.165, 1.54) is 37.2 Å². The summed E-state index contributed by atoms with van der Waals surface area (Å²) in [6.07, 6.45) is 4.86. The van der Waals surface area contributed by atoms with Crippen LogP contribution in [0, 0.1) is 0 Å². The SMILES string of the molecule is O=S1(=O)C=C(CN2CCCCCC2)c2cccc(O)c21. The molecule has 0 unspecified atom stereocenters. The van der Waals surface area contributed by atoms with Gasteiger partial charge < -0.3 is 5.11 Å². The molecule has 2 aliphatic rings. The van der Waals surface area contributed by atoms with Crippen molar-refractivity contribution in [2.75, 3.05) is 19.6 Å². The third-order valence-corrected chi connectivity index (χ3v) is 5.61. The number of benzene rings is 1. The molecule has 0 saturated carbocycles. The van der Waals surface area contributed by atoms with Gasteiger partial charge in [0.2, 0.25) is 9.84 Å². The fraction of sp³-hybridized carbons (Fsp3) is 0.467. The van der Waals surface area contributed by atoms with Crippen LogP contribution in [0.5, 0.6) is 5.75 Å². The molecule has 3 rings (SSSR count). The van der Waals surface area contributed by atoms with Crippen LogP contribution in [0.25, 0.3) is 5.57 Å². The van der Waals surface area contributed by atoms with Crippen LogP contribution in [0.1, 0.15) is 31.2 Å². The highest BCUT2D eigenvalue weighted by molar-refractivity contribution is 7.95. The second-order valence-corrected chi connectivity index (χ2v) is 7.27. The average Bonchev–Trinajstić information content (AvgIpc) is 2.57. The highest BCUT2D eigenvalue weighted by Crippen LogP contribution is 2.39. The van der Waals surface area contributed by atoms with E-state index in [2.05, 4.69) is 4.90 Å². The van der Waals surface area contributed by atoms with E-state index >= 15 is 0 Å². The van der Waals surface area contributed by atoms with Crippen LogP contribution in [0.3, 0.4) is 0 Å². The molecule has 1 aromatic carbocycles. The number of nitrogens with zero attached hydrogens (tertiary/aromatic N) is 1. The van der Waals surface area contributed by atoms with Crippen LogP contribution < -0.4 is 0 Å². The summed E-state index contributed by atoms with van der Waals surface area (Å²) in [7, 11) is -3.48. The number of sulfone groups is 1. The molecule has 0 aliphatic carbocycles. The van der Waals surface area contributed by atoms with Gasteiger partial charge in [-0.25, -0.2) is 8.42 Å². The molecule has 0 bridgehead atoms. The largest absolute Gasteiger partial charge is 0.507 e. The van der Waals surface area contributed by atoms with Crippen LogP contribution >= 0.6 is 0 Å². The summed E-state index contributed by atoms with van der Waals surface area (Å²) in [6.45, 7) is 2.69. The number of phenols is 1. The summed E-state index contributed by atoms with van der Waals surface area (Å²) < 4.78 is 24.3. The molecule has 5 heteroatoms. The van der Waals surface area contributed by atoms with Crippen LogP contribution in [-0.4, -0.2) is 38.1 Å². The van der Waals surface area contributed by atoms with Crippen LogP contribution in [0.4, 0.5) is 0 Å². The lowest BCUT2D eigenvalue weighted by atomic mass is 10.1.